The van der Waals surface area contributed by atoms with E-state index in [0.29, 0.717) is 5.95 Å². The van der Waals surface area contributed by atoms with Crippen LogP contribution in [-0.2, 0) is 0 Å². The first-order valence-electron chi connectivity index (χ1n) is 5.36. The molecule has 0 atom stereocenters. The molecule has 1 N–H and O–H groups in total. The van der Waals surface area contributed by atoms with Crippen molar-refractivity contribution in [3.05, 3.63) is 53.3 Å². The summed E-state index contributed by atoms with van der Waals surface area (Å²) in [4.78, 5) is 8.20. The van der Waals surface area contributed by atoms with E-state index in [9.17, 15) is 0 Å². The van der Waals surface area contributed by atoms with Gasteiger partial charge in [0.25, 0.3) is 0 Å². The molecule has 0 saturated carbocycles. The van der Waals surface area contributed by atoms with E-state index in [0.717, 1.165) is 11.1 Å². The molecule has 0 bridgehead atoms. The predicted molar refractivity (Wildman–Crippen MR) is 68.7 cm³/mol. The number of rotatable bonds is 1. The van der Waals surface area contributed by atoms with Gasteiger partial charge in [0, 0.05) is 25.0 Å². The lowest BCUT2D eigenvalue weighted by Gasteiger charge is -1.95. The normalized spacial score (nSPS) is 9.29. The molecule has 2 rings (SSSR count). The molecule has 0 fully saturated rings. The first-order valence-corrected chi connectivity index (χ1v) is 5.36. The number of aromatic nitrogens is 2. The molecule has 0 spiro atoms. The Hall–Kier alpha value is -2.34. The molecule has 3 nitrogen and oxygen atoms in total. The van der Waals surface area contributed by atoms with Gasteiger partial charge in [0.05, 0.1) is 5.56 Å². The quantitative estimate of drug-likeness (QED) is 0.753. The Morgan fingerprint density at radius 2 is 1.53 bits per heavy atom. The van der Waals surface area contributed by atoms with Crippen LogP contribution >= 0.6 is 0 Å². The summed E-state index contributed by atoms with van der Waals surface area (Å²) in [6, 6.07) is 8.10. The molecule has 0 aliphatic rings. The van der Waals surface area contributed by atoms with Gasteiger partial charge in [-0.1, -0.05) is 29.5 Å². The Kier molecular flexibility index (Phi) is 3.37. The highest BCUT2D eigenvalue weighted by Gasteiger charge is 1.91. The zero-order valence-corrected chi connectivity index (χ0v) is 9.86. The van der Waals surface area contributed by atoms with Gasteiger partial charge >= 0.3 is 0 Å². The van der Waals surface area contributed by atoms with Crippen LogP contribution in [-0.4, -0.2) is 17.0 Å². The largest absolute Gasteiger partial charge is 0.357 e. The molecule has 3 heteroatoms. The third-order valence-electron chi connectivity index (χ3n) is 2.28. The Morgan fingerprint density at radius 3 is 2.12 bits per heavy atom. The minimum atomic E-state index is 0.603. The summed E-state index contributed by atoms with van der Waals surface area (Å²) in [6.07, 6.45) is 3.42. The standard InChI is InChI=1S/C14H13N3/c1-11-3-5-12(6-4-11)7-8-13-9-16-14(15-2)17-10-13/h3-6,9-10H,1-2H3,(H,15,16,17). The summed E-state index contributed by atoms with van der Waals surface area (Å²) in [6.45, 7) is 2.06. The molecule has 0 aliphatic heterocycles. The molecule has 0 amide bonds. The molecule has 1 aromatic carbocycles. The molecule has 1 aromatic heterocycles. The summed E-state index contributed by atoms with van der Waals surface area (Å²) in [7, 11) is 1.78. The van der Waals surface area contributed by atoms with Crippen LogP contribution < -0.4 is 5.32 Å². The average molecular weight is 223 g/mol. The maximum atomic E-state index is 4.10. The van der Waals surface area contributed by atoms with E-state index in [4.69, 9.17) is 0 Å². The first kappa shape index (κ1) is 11.2. The number of hydrogen-bond acceptors (Lipinski definition) is 3. The molecule has 2 aromatic rings. The number of hydrogen-bond donors (Lipinski definition) is 1. The molecular formula is C14H13N3. The number of anilines is 1. The van der Waals surface area contributed by atoms with Crippen molar-refractivity contribution in [2.45, 2.75) is 6.92 Å². The van der Waals surface area contributed by atoms with Crippen molar-refractivity contribution in [2.24, 2.45) is 0 Å². The second kappa shape index (κ2) is 5.13. The fourth-order valence-electron chi connectivity index (χ4n) is 1.30. The number of nitrogens with one attached hydrogen (secondary N) is 1. The van der Waals surface area contributed by atoms with E-state index < -0.39 is 0 Å². The lowest BCUT2D eigenvalue weighted by atomic mass is 10.1. The van der Waals surface area contributed by atoms with E-state index in [-0.39, 0.29) is 0 Å². The van der Waals surface area contributed by atoms with E-state index in [2.05, 4.69) is 34.0 Å². The number of aryl methyl sites for hydroxylation is 1. The van der Waals surface area contributed by atoms with Crippen LogP contribution in [0.1, 0.15) is 16.7 Å². The monoisotopic (exact) mass is 223 g/mol. The highest BCUT2D eigenvalue weighted by Crippen LogP contribution is 2.02. The molecule has 0 unspecified atom stereocenters. The van der Waals surface area contributed by atoms with E-state index >= 15 is 0 Å². The predicted octanol–water partition coefficient (Wildman–Crippen LogP) is 2.23. The zero-order valence-electron chi connectivity index (χ0n) is 9.86. The summed E-state index contributed by atoms with van der Waals surface area (Å²) < 4.78 is 0. The second-order valence-corrected chi connectivity index (χ2v) is 3.66. The van der Waals surface area contributed by atoms with Gasteiger partial charge in [-0.05, 0) is 19.1 Å². The molecule has 17 heavy (non-hydrogen) atoms. The van der Waals surface area contributed by atoms with Gasteiger partial charge in [-0.15, -0.1) is 0 Å². The molecule has 0 radical (unpaired) electrons. The highest BCUT2D eigenvalue weighted by molar-refractivity contribution is 5.42. The van der Waals surface area contributed by atoms with Gasteiger partial charge < -0.3 is 5.32 Å². The van der Waals surface area contributed by atoms with Crippen LogP contribution in [0.3, 0.4) is 0 Å². The van der Waals surface area contributed by atoms with Crippen LogP contribution in [0, 0.1) is 18.8 Å². The SMILES string of the molecule is CNc1ncc(C#Cc2ccc(C)cc2)cn1. The van der Waals surface area contributed by atoms with Crippen LogP contribution in [0.5, 0.6) is 0 Å². The average Bonchev–Trinajstić information content (AvgIpc) is 2.39. The maximum absolute atomic E-state index is 4.10. The Balaban J connectivity index is 2.17. The second-order valence-electron chi connectivity index (χ2n) is 3.66. The van der Waals surface area contributed by atoms with Crippen LogP contribution in [0.4, 0.5) is 5.95 Å². The van der Waals surface area contributed by atoms with E-state index in [1.807, 2.05) is 24.3 Å². The summed E-state index contributed by atoms with van der Waals surface area (Å²) in [5, 5.41) is 2.86. The molecule has 0 aliphatic carbocycles. The van der Waals surface area contributed by atoms with Crippen molar-refractivity contribution in [3.63, 3.8) is 0 Å². The minimum Gasteiger partial charge on any atom is -0.357 e. The Morgan fingerprint density at radius 1 is 0.941 bits per heavy atom. The topological polar surface area (TPSA) is 37.8 Å². The van der Waals surface area contributed by atoms with E-state index in [1.165, 1.54) is 5.56 Å². The zero-order chi connectivity index (χ0) is 12.1. The number of nitrogens with zero attached hydrogens (tertiary/aromatic N) is 2. The Bertz CT molecular complexity index is 545. The fraction of sp³-hybridized carbons (Fsp3) is 0.143. The molecular weight excluding hydrogens is 210 g/mol. The molecule has 1 heterocycles. The van der Waals surface area contributed by atoms with Gasteiger partial charge in [0.15, 0.2) is 0 Å². The van der Waals surface area contributed by atoms with Gasteiger partial charge in [-0.3, -0.25) is 0 Å². The highest BCUT2D eigenvalue weighted by atomic mass is 15.1. The summed E-state index contributed by atoms with van der Waals surface area (Å²) in [5.41, 5.74) is 3.04. The third-order valence-corrected chi connectivity index (χ3v) is 2.28. The molecule has 84 valence electrons. The third kappa shape index (κ3) is 3.05. The van der Waals surface area contributed by atoms with Crippen LogP contribution in [0.15, 0.2) is 36.7 Å². The van der Waals surface area contributed by atoms with E-state index in [1.54, 1.807) is 19.4 Å². The Labute approximate surface area is 101 Å². The van der Waals surface area contributed by atoms with Gasteiger partial charge in [0.2, 0.25) is 5.95 Å². The van der Waals surface area contributed by atoms with Crippen molar-refractivity contribution in [3.8, 4) is 11.8 Å². The van der Waals surface area contributed by atoms with Crippen molar-refractivity contribution in [2.75, 3.05) is 12.4 Å². The summed E-state index contributed by atoms with van der Waals surface area (Å²) >= 11 is 0. The maximum Gasteiger partial charge on any atom is 0.222 e. The van der Waals surface area contributed by atoms with Crippen molar-refractivity contribution >= 4 is 5.95 Å². The van der Waals surface area contributed by atoms with Crippen LogP contribution in [0.25, 0.3) is 0 Å². The van der Waals surface area contributed by atoms with Crippen LogP contribution in [0.2, 0.25) is 0 Å². The lowest BCUT2D eigenvalue weighted by molar-refractivity contribution is 1.14. The van der Waals surface area contributed by atoms with Gasteiger partial charge in [0.1, 0.15) is 0 Å². The van der Waals surface area contributed by atoms with Crippen molar-refractivity contribution in [1.29, 1.82) is 0 Å². The fourth-order valence-corrected chi connectivity index (χ4v) is 1.30. The molecule has 0 saturated heterocycles. The summed E-state index contributed by atoms with van der Waals surface area (Å²) in [5.74, 6) is 6.71. The van der Waals surface area contributed by atoms with Gasteiger partial charge in [-0.25, -0.2) is 9.97 Å². The number of benzene rings is 1. The smallest absolute Gasteiger partial charge is 0.222 e. The van der Waals surface area contributed by atoms with Gasteiger partial charge in [-0.2, -0.15) is 0 Å². The first-order chi connectivity index (χ1) is 8.28. The van der Waals surface area contributed by atoms with Crippen molar-refractivity contribution < 1.29 is 0 Å². The van der Waals surface area contributed by atoms with Crippen molar-refractivity contribution in [1.82, 2.24) is 9.97 Å². The minimum absolute atomic E-state index is 0.603. The lowest BCUT2D eigenvalue weighted by Crippen LogP contribution is -1.95.